The molecule has 0 aromatic carbocycles. The Morgan fingerprint density at radius 2 is 1.93 bits per heavy atom. The number of hydrogen-bond donors (Lipinski definition) is 0. The molecule has 0 saturated heterocycles. The third-order valence-electron chi connectivity index (χ3n) is 2.91. The van der Waals surface area contributed by atoms with Crippen LogP contribution in [0.2, 0.25) is 0 Å². The third kappa shape index (κ3) is 3.82. The molecule has 0 aromatic heterocycles. The van der Waals surface area contributed by atoms with E-state index in [1.54, 1.807) is 0 Å². The second-order valence-electron chi connectivity index (χ2n) is 4.06. The van der Waals surface area contributed by atoms with E-state index in [0.29, 0.717) is 12.3 Å². The highest BCUT2D eigenvalue weighted by atomic mass is 35.5. The van der Waals surface area contributed by atoms with E-state index in [2.05, 4.69) is 4.74 Å². The SMILES string of the molecule is COC(=O)C(Cl)C(=O)CC1CCCCC1. The number of hydrogen-bond acceptors (Lipinski definition) is 3. The molecule has 86 valence electrons. The quantitative estimate of drug-likeness (QED) is 0.424. The molecule has 0 N–H and O–H groups in total. The smallest absolute Gasteiger partial charge is 0.331 e. The first kappa shape index (κ1) is 12.5. The van der Waals surface area contributed by atoms with Gasteiger partial charge in [0.15, 0.2) is 11.2 Å². The van der Waals surface area contributed by atoms with Gasteiger partial charge < -0.3 is 4.74 Å². The van der Waals surface area contributed by atoms with Gasteiger partial charge in [0, 0.05) is 6.42 Å². The van der Waals surface area contributed by atoms with Gasteiger partial charge in [0.25, 0.3) is 0 Å². The minimum Gasteiger partial charge on any atom is -0.468 e. The summed E-state index contributed by atoms with van der Waals surface area (Å²) < 4.78 is 4.43. The lowest BCUT2D eigenvalue weighted by molar-refractivity contribution is -0.143. The predicted octanol–water partition coefficient (Wildman–Crippen LogP) is 2.31. The Balaban J connectivity index is 2.36. The standard InChI is InChI=1S/C11H17ClO3/c1-15-11(14)10(12)9(13)7-8-5-3-2-4-6-8/h8,10H,2-7H2,1H3. The monoisotopic (exact) mass is 232 g/mol. The van der Waals surface area contributed by atoms with E-state index >= 15 is 0 Å². The van der Waals surface area contributed by atoms with Gasteiger partial charge in [-0.05, 0) is 5.92 Å². The van der Waals surface area contributed by atoms with Gasteiger partial charge in [0.1, 0.15) is 0 Å². The van der Waals surface area contributed by atoms with Crippen LogP contribution in [0.1, 0.15) is 38.5 Å². The Morgan fingerprint density at radius 1 is 1.33 bits per heavy atom. The van der Waals surface area contributed by atoms with E-state index in [-0.39, 0.29) is 5.78 Å². The van der Waals surface area contributed by atoms with Crippen molar-refractivity contribution in [1.29, 1.82) is 0 Å². The van der Waals surface area contributed by atoms with E-state index in [9.17, 15) is 9.59 Å². The molecule has 1 saturated carbocycles. The van der Waals surface area contributed by atoms with Crippen molar-refractivity contribution in [2.45, 2.75) is 43.9 Å². The molecule has 0 amide bonds. The lowest BCUT2D eigenvalue weighted by Crippen LogP contribution is -2.28. The van der Waals surface area contributed by atoms with Crippen LogP contribution in [0.5, 0.6) is 0 Å². The number of ether oxygens (including phenoxy) is 1. The molecule has 3 nitrogen and oxygen atoms in total. The van der Waals surface area contributed by atoms with Crippen molar-refractivity contribution < 1.29 is 14.3 Å². The van der Waals surface area contributed by atoms with Crippen molar-refractivity contribution >= 4 is 23.4 Å². The molecular formula is C11H17ClO3. The molecule has 0 heterocycles. The van der Waals surface area contributed by atoms with Gasteiger partial charge in [0.05, 0.1) is 7.11 Å². The molecule has 1 aliphatic rings. The third-order valence-corrected chi connectivity index (χ3v) is 3.33. The van der Waals surface area contributed by atoms with Gasteiger partial charge in [-0.3, -0.25) is 4.79 Å². The molecular weight excluding hydrogens is 216 g/mol. The number of rotatable bonds is 4. The summed E-state index contributed by atoms with van der Waals surface area (Å²) in [6, 6.07) is 0. The average molecular weight is 233 g/mol. The minimum absolute atomic E-state index is 0.199. The van der Waals surface area contributed by atoms with Crippen LogP contribution >= 0.6 is 11.6 Å². The molecule has 0 aromatic rings. The fraction of sp³-hybridized carbons (Fsp3) is 0.818. The first-order valence-corrected chi connectivity index (χ1v) is 5.83. The maximum atomic E-state index is 11.6. The van der Waals surface area contributed by atoms with Gasteiger partial charge in [-0.25, -0.2) is 4.79 Å². The van der Waals surface area contributed by atoms with E-state index < -0.39 is 11.3 Å². The number of halogens is 1. The fourth-order valence-electron chi connectivity index (χ4n) is 2.01. The molecule has 1 unspecified atom stereocenters. The number of carbonyl (C=O) groups is 2. The molecule has 1 atom stereocenters. The van der Waals surface area contributed by atoms with Gasteiger partial charge in [0.2, 0.25) is 0 Å². The summed E-state index contributed by atoms with van der Waals surface area (Å²) >= 11 is 5.68. The van der Waals surface area contributed by atoms with Crippen LogP contribution in [0.4, 0.5) is 0 Å². The minimum atomic E-state index is -1.11. The van der Waals surface area contributed by atoms with Crippen molar-refractivity contribution in [3.63, 3.8) is 0 Å². The summed E-state index contributed by atoms with van der Waals surface area (Å²) in [6.07, 6.45) is 6.20. The maximum absolute atomic E-state index is 11.6. The van der Waals surface area contributed by atoms with Crippen LogP contribution in [0.3, 0.4) is 0 Å². The van der Waals surface area contributed by atoms with Gasteiger partial charge in [-0.15, -0.1) is 11.6 Å². The molecule has 1 fully saturated rings. The topological polar surface area (TPSA) is 43.4 Å². The van der Waals surface area contributed by atoms with Crippen LogP contribution < -0.4 is 0 Å². The Morgan fingerprint density at radius 3 is 2.47 bits per heavy atom. The van der Waals surface area contributed by atoms with Crippen molar-refractivity contribution in [3.05, 3.63) is 0 Å². The lowest BCUT2D eigenvalue weighted by atomic mass is 9.85. The molecule has 4 heteroatoms. The molecule has 1 rings (SSSR count). The molecule has 1 aliphatic carbocycles. The molecule has 0 spiro atoms. The van der Waals surface area contributed by atoms with Crippen LogP contribution in [0, 0.1) is 5.92 Å². The van der Waals surface area contributed by atoms with Crippen molar-refractivity contribution in [1.82, 2.24) is 0 Å². The number of alkyl halides is 1. The second-order valence-corrected chi connectivity index (χ2v) is 4.50. The van der Waals surface area contributed by atoms with Gasteiger partial charge in [-0.1, -0.05) is 32.1 Å². The number of esters is 1. The van der Waals surface area contributed by atoms with E-state index in [4.69, 9.17) is 11.6 Å². The summed E-state index contributed by atoms with van der Waals surface area (Å²) in [5, 5.41) is -1.11. The van der Waals surface area contributed by atoms with Crippen molar-refractivity contribution in [3.8, 4) is 0 Å². The van der Waals surface area contributed by atoms with Gasteiger partial charge >= 0.3 is 5.97 Å². The van der Waals surface area contributed by atoms with Crippen LogP contribution in [-0.2, 0) is 14.3 Å². The Kier molecular flexibility index (Phi) is 5.09. The molecule has 0 aliphatic heterocycles. The molecule has 0 bridgehead atoms. The highest BCUT2D eigenvalue weighted by molar-refractivity contribution is 6.41. The molecule has 15 heavy (non-hydrogen) atoms. The number of ketones is 1. The molecule has 0 radical (unpaired) electrons. The maximum Gasteiger partial charge on any atom is 0.331 e. The van der Waals surface area contributed by atoms with Crippen molar-refractivity contribution in [2.24, 2.45) is 5.92 Å². The summed E-state index contributed by atoms with van der Waals surface area (Å²) in [7, 11) is 1.24. The van der Waals surface area contributed by atoms with Gasteiger partial charge in [-0.2, -0.15) is 0 Å². The fourth-order valence-corrected chi connectivity index (χ4v) is 2.19. The number of Topliss-reactive ketones (excluding diaryl/α,β-unsaturated/α-hetero) is 1. The number of methoxy groups -OCH3 is 1. The summed E-state index contributed by atoms with van der Waals surface area (Å²) in [6.45, 7) is 0. The first-order chi connectivity index (χ1) is 7.15. The zero-order valence-electron chi connectivity index (χ0n) is 9.00. The highest BCUT2D eigenvalue weighted by Crippen LogP contribution is 2.27. The highest BCUT2D eigenvalue weighted by Gasteiger charge is 2.27. The first-order valence-electron chi connectivity index (χ1n) is 5.39. The van der Waals surface area contributed by atoms with E-state index in [1.165, 1.54) is 26.4 Å². The summed E-state index contributed by atoms with van der Waals surface area (Å²) in [5.41, 5.74) is 0. The van der Waals surface area contributed by atoms with Crippen LogP contribution in [0.15, 0.2) is 0 Å². The van der Waals surface area contributed by atoms with Crippen LogP contribution in [-0.4, -0.2) is 24.2 Å². The van der Waals surface area contributed by atoms with E-state index in [0.717, 1.165) is 12.8 Å². The zero-order valence-corrected chi connectivity index (χ0v) is 9.76. The normalized spacial score (nSPS) is 19.6. The zero-order chi connectivity index (χ0) is 11.3. The van der Waals surface area contributed by atoms with E-state index in [1.807, 2.05) is 0 Å². The largest absolute Gasteiger partial charge is 0.468 e. The van der Waals surface area contributed by atoms with Crippen molar-refractivity contribution in [2.75, 3.05) is 7.11 Å². The Bertz CT molecular complexity index is 234. The summed E-state index contributed by atoms with van der Waals surface area (Å²) in [5.74, 6) is -0.426. The Hall–Kier alpha value is -0.570. The average Bonchev–Trinajstić information content (AvgIpc) is 2.28. The predicted molar refractivity (Wildman–Crippen MR) is 57.9 cm³/mol. The summed E-state index contributed by atoms with van der Waals surface area (Å²) in [4.78, 5) is 22.6. The van der Waals surface area contributed by atoms with Crippen LogP contribution in [0.25, 0.3) is 0 Å². The Labute approximate surface area is 95.1 Å². The number of carbonyl (C=O) groups excluding carboxylic acids is 2. The second kappa shape index (κ2) is 6.11. The lowest BCUT2D eigenvalue weighted by Gasteiger charge is -2.21.